The predicted molar refractivity (Wildman–Crippen MR) is 77.0 cm³/mol. The zero-order chi connectivity index (χ0) is 15.0. The van der Waals surface area contributed by atoms with Crippen molar-refractivity contribution in [1.82, 2.24) is 9.97 Å². The Morgan fingerprint density at radius 2 is 2.10 bits per heavy atom. The Morgan fingerprint density at radius 3 is 2.70 bits per heavy atom. The van der Waals surface area contributed by atoms with Gasteiger partial charge in [-0.2, -0.15) is 4.98 Å². The average molecular weight is 348 g/mol. The summed E-state index contributed by atoms with van der Waals surface area (Å²) >= 11 is 3.30. The molecule has 0 spiro atoms. The monoisotopic (exact) mass is 347 g/mol. The maximum Gasteiger partial charge on any atom is 0.307 e. The highest BCUT2D eigenvalue weighted by Crippen LogP contribution is 2.23. The highest BCUT2D eigenvalue weighted by molar-refractivity contribution is 9.10. The van der Waals surface area contributed by atoms with Crippen molar-refractivity contribution < 1.29 is 19.0 Å². The van der Waals surface area contributed by atoms with Crippen molar-refractivity contribution >= 4 is 27.8 Å². The summed E-state index contributed by atoms with van der Waals surface area (Å²) in [6.07, 6.45) is 1.86. The lowest BCUT2D eigenvalue weighted by Crippen LogP contribution is -2.31. The van der Waals surface area contributed by atoms with Gasteiger partial charge in [0.2, 0.25) is 11.8 Å². The van der Waals surface area contributed by atoms with Gasteiger partial charge in [-0.15, -0.1) is 0 Å². The van der Waals surface area contributed by atoms with Crippen molar-refractivity contribution in [2.45, 2.75) is 6.42 Å². The number of halogens is 1. The number of esters is 1. The number of anilines is 1. The van der Waals surface area contributed by atoms with Gasteiger partial charge in [0.05, 0.1) is 37.9 Å². The van der Waals surface area contributed by atoms with Gasteiger partial charge in [0.15, 0.2) is 0 Å². The second kappa shape index (κ2) is 8.70. The van der Waals surface area contributed by atoms with Crippen LogP contribution in [0.5, 0.6) is 5.88 Å². The van der Waals surface area contributed by atoms with Crippen LogP contribution in [0.25, 0.3) is 0 Å². The first-order chi connectivity index (χ1) is 9.62. The lowest BCUT2D eigenvalue weighted by Gasteiger charge is -2.22. The molecule has 7 nitrogen and oxygen atoms in total. The van der Waals surface area contributed by atoms with Gasteiger partial charge < -0.3 is 19.1 Å². The zero-order valence-electron chi connectivity index (χ0n) is 11.8. The minimum absolute atomic E-state index is 0.252. The Labute approximate surface area is 126 Å². The first-order valence-corrected chi connectivity index (χ1v) is 6.79. The molecule has 20 heavy (non-hydrogen) atoms. The van der Waals surface area contributed by atoms with Crippen molar-refractivity contribution in [2.24, 2.45) is 0 Å². The van der Waals surface area contributed by atoms with E-state index in [1.165, 1.54) is 14.2 Å². The van der Waals surface area contributed by atoms with Crippen LogP contribution in [0.2, 0.25) is 0 Å². The smallest absolute Gasteiger partial charge is 0.307 e. The number of carbonyl (C=O) groups excluding carboxylic acids is 1. The fourth-order valence-corrected chi connectivity index (χ4v) is 1.83. The first kappa shape index (κ1) is 16.6. The molecular formula is C12H18BrN3O4. The summed E-state index contributed by atoms with van der Waals surface area (Å²) in [6, 6.07) is 0. The van der Waals surface area contributed by atoms with Crippen LogP contribution in [-0.4, -0.2) is 57.0 Å². The average Bonchev–Trinajstić information content (AvgIpc) is 2.47. The molecule has 1 rings (SSSR count). The maximum absolute atomic E-state index is 11.2. The van der Waals surface area contributed by atoms with E-state index in [4.69, 9.17) is 9.47 Å². The van der Waals surface area contributed by atoms with Crippen molar-refractivity contribution in [3.8, 4) is 5.88 Å². The molecule has 0 aliphatic rings. The number of carbonyl (C=O) groups is 1. The highest BCUT2D eigenvalue weighted by Gasteiger charge is 2.14. The van der Waals surface area contributed by atoms with Crippen LogP contribution in [0, 0.1) is 0 Å². The molecular weight excluding hydrogens is 330 g/mol. The molecule has 0 bridgehead atoms. The molecule has 0 saturated heterocycles. The predicted octanol–water partition coefficient (Wildman–Crippen LogP) is 1.26. The van der Waals surface area contributed by atoms with Crippen LogP contribution in [0.1, 0.15) is 6.42 Å². The summed E-state index contributed by atoms with van der Waals surface area (Å²) in [4.78, 5) is 21.6. The third kappa shape index (κ3) is 4.93. The summed E-state index contributed by atoms with van der Waals surface area (Å²) in [5.74, 6) is 0.637. The summed E-state index contributed by atoms with van der Waals surface area (Å²) in [5.41, 5.74) is 0. The van der Waals surface area contributed by atoms with Gasteiger partial charge in [-0.25, -0.2) is 4.98 Å². The van der Waals surface area contributed by atoms with Crippen molar-refractivity contribution in [3.63, 3.8) is 0 Å². The maximum atomic E-state index is 11.2. The molecule has 112 valence electrons. The number of methoxy groups -OCH3 is 3. The van der Waals surface area contributed by atoms with Crippen LogP contribution in [0.3, 0.4) is 0 Å². The Morgan fingerprint density at radius 1 is 1.35 bits per heavy atom. The van der Waals surface area contributed by atoms with Gasteiger partial charge in [0.25, 0.3) is 0 Å². The Hall–Kier alpha value is -1.41. The van der Waals surface area contributed by atoms with Crippen LogP contribution < -0.4 is 9.64 Å². The third-order valence-electron chi connectivity index (χ3n) is 2.55. The van der Waals surface area contributed by atoms with E-state index in [2.05, 4.69) is 30.6 Å². The number of rotatable bonds is 8. The van der Waals surface area contributed by atoms with Gasteiger partial charge in [-0.3, -0.25) is 4.79 Å². The highest BCUT2D eigenvalue weighted by atomic mass is 79.9. The van der Waals surface area contributed by atoms with Crippen LogP contribution in [0.15, 0.2) is 10.7 Å². The summed E-state index contributed by atoms with van der Waals surface area (Å²) in [6.45, 7) is 1.52. The fourth-order valence-electron chi connectivity index (χ4n) is 1.48. The second-order valence-corrected chi connectivity index (χ2v) is 4.69. The summed E-state index contributed by atoms with van der Waals surface area (Å²) in [5, 5.41) is 0. The Bertz CT molecular complexity index is 445. The lowest BCUT2D eigenvalue weighted by atomic mass is 10.4. The molecule has 0 N–H and O–H groups in total. The van der Waals surface area contributed by atoms with Crippen LogP contribution in [-0.2, 0) is 14.3 Å². The minimum Gasteiger partial charge on any atom is -0.480 e. The zero-order valence-corrected chi connectivity index (χ0v) is 13.3. The number of hydrogen-bond acceptors (Lipinski definition) is 7. The second-order valence-electron chi connectivity index (χ2n) is 3.83. The molecule has 0 aliphatic heterocycles. The van der Waals surface area contributed by atoms with Gasteiger partial charge in [0.1, 0.15) is 0 Å². The van der Waals surface area contributed by atoms with Gasteiger partial charge in [-0.1, -0.05) is 0 Å². The number of nitrogens with zero attached hydrogens (tertiary/aromatic N) is 3. The Balaban J connectivity index is 2.83. The van der Waals surface area contributed by atoms with E-state index in [1.54, 1.807) is 13.3 Å². The molecule has 0 fully saturated rings. The van der Waals surface area contributed by atoms with Crippen LogP contribution in [0.4, 0.5) is 5.95 Å². The molecule has 0 radical (unpaired) electrons. The molecule has 0 unspecified atom stereocenters. The number of hydrogen-bond donors (Lipinski definition) is 0. The molecule has 1 aromatic rings. The Kier molecular flexibility index (Phi) is 7.24. The minimum atomic E-state index is -0.281. The van der Waals surface area contributed by atoms with Crippen molar-refractivity contribution in [2.75, 3.05) is 45.9 Å². The van der Waals surface area contributed by atoms with Crippen LogP contribution >= 0.6 is 15.9 Å². The fraction of sp³-hybridized carbons (Fsp3) is 0.583. The molecule has 0 aromatic carbocycles. The lowest BCUT2D eigenvalue weighted by molar-refractivity contribution is -0.140. The molecule has 8 heteroatoms. The summed E-state index contributed by atoms with van der Waals surface area (Å²) < 4.78 is 15.5. The molecule has 0 amide bonds. The third-order valence-corrected chi connectivity index (χ3v) is 3.10. The first-order valence-electron chi connectivity index (χ1n) is 5.99. The van der Waals surface area contributed by atoms with E-state index in [1.807, 2.05) is 4.90 Å². The standard InChI is InChI=1S/C12H18BrN3O4/c1-18-7-6-16(5-4-10(17)19-2)12-14-8-9(13)11(15-12)20-3/h8H,4-7H2,1-3H3. The van der Waals surface area contributed by atoms with E-state index in [0.717, 1.165) is 0 Å². The van der Waals surface area contributed by atoms with E-state index >= 15 is 0 Å². The number of aromatic nitrogens is 2. The van der Waals surface area contributed by atoms with E-state index in [0.29, 0.717) is 36.0 Å². The largest absolute Gasteiger partial charge is 0.480 e. The molecule has 1 aromatic heterocycles. The molecule has 0 atom stereocenters. The molecule has 0 saturated carbocycles. The summed E-state index contributed by atoms with van der Waals surface area (Å²) in [7, 11) is 4.51. The van der Waals surface area contributed by atoms with Gasteiger partial charge >= 0.3 is 5.97 Å². The normalized spacial score (nSPS) is 10.2. The SMILES string of the molecule is COCCN(CCC(=O)OC)c1ncc(Br)c(OC)n1. The van der Waals surface area contributed by atoms with Gasteiger partial charge in [0, 0.05) is 20.2 Å². The topological polar surface area (TPSA) is 73.8 Å². The van der Waals surface area contributed by atoms with E-state index in [-0.39, 0.29) is 12.4 Å². The number of ether oxygens (including phenoxy) is 3. The van der Waals surface area contributed by atoms with Crippen molar-refractivity contribution in [3.05, 3.63) is 10.7 Å². The quantitative estimate of drug-likeness (QED) is 0.655. The molecule has 0 aliphatic carbocycles. The van der Waals surface area contributed by atoms with Crippen molar-refractivity contribution in [1.29, 1.82) is 0 Å². The van der Waals surface area contributed by atoms with E-state index < -0.39 is 0 Å². The van der Waals surface area contributed by atoms with Gasteiger partial charge in [-0.05, 0) is 15.9 Å². The molecule has 1 heterocycles. The van der Waals surface area contributed by atoms with E-state index in [9.17, 15) is 4.79 Å².